The maximum absolute atomic E-state index is 13.9. The molecule has 2 aromatic rings. The first kappa shape index (κ1) is 35.7. The van der Waals surface area contributed by atoms with E-state index < -0.39 is 28.9 Å². The van der Waals surface area contributed by atoms with Crippen LogP contribution in [0, 0.1) is 0 Å². The fourth-order valence-corrected chi connectivity index (χ4v) is 15.3. The molecule has 10 heteroatoms. The number of rotatable bonds is 19. The van der Waals surface area contributed by atoms with E-state index in [1.807, 2.05) is 0 Å². The molecule has 0 N–H and O–H groups in total. The summed E-state index contributed by atoms with van der Waals surface area (Å²) >= 11 is 0. The molecule has 0 unspecified atom stereocenters. The van der Waals surface area contributed by atoms with Gasteiger partial charge in [0, 0.05) is 0 Å². The van der Waals surface area contributed by atoms with Crippen molar-refractivity contribution >= 4 is 28.9 Å². The minimum absolute atomic E-state index is 0.0865. The number of ether oxygens (including phenoxy) is 3. The van der Waals surface area contributed by atoms with E-state index in [0.717, 1.165) is 76.0 Å². The van der Waals surface area contributed by atoms with Crippen LogP contribution in [0.3, 0.4) is 0 Å². The van der Waals surface area contributed by atoms with Crippen molar-refractivity contribution in [3.8, 4) is 11.5 Å². The van der Waals surface area contributed by atoms with Crippen molar-refractivity contribution in [2.45, 2.75) is 84.0 Å². The fourth-order valence-electron chi connectivity index (χ4n) is 5.31. The zero-order valence-corrected chi connectivity index (χ0v) is 27.9. The Hall–Kier alpha value is -2.48. The van der Waals surface area contributed by atoms with E-state index in [9.17, 15) is 18.0 Å². The monoisotopic (exact) mass is 624 g/mol. The predicted molar refractivity (Wildman–Crippen MR) is 170 cm³/mol. The number of hydrogen-bond acceptors (Lipinski definition) is 8. The summed E-state index contributed by atoms with van der Waals surface area (Å²) in [4.78, 5) is 24.4. The summed E-state index contributed by atoms with van der Waals surface area (Å²) in [6, 6.07) is 10.3. The molecule has 0 radical (unpaired) electrons. The Kier molecular flexibility index (Phi) is 13.9. The van der Waals surface area contributed by atoms with Crippen molar-refractivity contribution < 1.29 is 36.2 Å². The summed E-state index contributed by atoms with van der Waals surface area (Å²) in [5, 5.41) is 0. The van der Waals surface area contributed by atoms with Crippen LogP contribution in [-0.2, 0) is 23.6 Å². The van der Waals surface area contributed by atoms with Gasteiger partial charge in [-0.1, -0.05) is 0 Å². The topological polar surface area (TPSA) is 105 Å². The van der Waals surface area contributed by atoms with Crippen LogP contribution in [0.1, 0.15) is 99.8 Å². The van der Waals surface area contributed by atoms with Gasteiger partial charge in [-0.05, 0) is 0 Å². The molecule has 8 nitrogen and oxygen atoms in total. The molecule has 2 aromatic carbocycles. The van der Waals surface area contributed by atoms with Gasteiger partial charge in [0.05, 0.1) is 14.2 Å². The molecule has 0 atom stereocenters. The van der Waals surface area contributed by atoms with Gasteiger partial charge in [0.2, 0.25) is 0 Å². The second kappa shape index (κ2) is 16.4. The molecule has 0 saturated carbocycles. The van der Waals surface area contributed by atoms with Crippen molar-refractivity contribution in [3.63, 3.8) is 0 Å². The molecule has 0 heterocycles. The summed E-state index contributed by atoms with van der Waals surface area (Å²) in [6.45, 7) is 5.51. The van der Waals surface area contributed by atoms with Crippen molar-refractivity contribution in [3.05, 3.63) is 53.6 Å². The number of benzene rings is 2. The molecule has 0 aliphatic rings. The van der Waals surface area contributed by atoms with Crippen LogP contribution < -0.4 is 4.74 Å². The van der Waals surface area contributed by atoms with Crippen LogP contribution in [0.5, 0.6) is 11.5 Å². The van der Waals surface area contributed by atoms with Gasteiger partial charge < -0.3 is 0 Å². The van der Waals surface area contributed by atoms with Gasteiger partial charge in [0.15, 0.2) is 0 Å². The molecule has 0 aromatic heterocycles. The van der Waals surface area contributed by atoms with Crippen LogP contribution in [-0.4, -0.2) is 59.2 Å². The zero-order chi connectivity index (χ0) is 31.3. The van der Waals surface area contributed by atoms with Gasteiger partial charge in [-0.2, -0.15) is 0 Å². The van der Waals surface area contributed by atoms with E-state index in [1.165, 1.54) is 44.6 Å². The van der Waals surface area contributed by atoms with Crippen LogP contribution in [0.15, 0.2) is 47.4 Å². The molecule has 0 fully saturated rings. The Balaban J connectivity index is 2.47. The van der Waals surface area contributed by atoms with Crippen LogP contribution >= 0.6 is 6.83 Å². The first-order chi connectivity index (χ1) is 20.0. The molecule has 0 aliphatic heterocycles. The van der Waals surface area contributed by atoms with E-state index >= 15 is 0 Å². The van der Waals surface area contributed by atoms with Crippen molar-refractivity contribution in [1.29, 1.82) is 0 Å². The van der Waals surface area contributed by atoms with E-state index in [4.69, 9.17) is 18.2 Å². The summed E-state index contributed by atoms with van der Waals surface area (Å²) < 4.78 is 50.0. The third kappa shape index (κ3) is 9.51. The molecular formula is C32H49O8PS. The Bertz CT molecular complexity index is 1200. The number of esters is 2. The van der Waals surface area contributed by atoms with Crippen LogP contribution in [0.25, 0.3) is 0 Å². The van der Waals surface area contributed by atoms with Gasteiger partial charge >= 0.3 is 239 Å². The molecule has 0 saturated heterocycles. The normalized spacial score (nSPS) is 12.8. The number of carbonyl (C=O) groups is 2. The quantitative estimate of drug-likeness (QED) is 0.113. The number of unbranched alkanes of at least 4 members (excludes halogenated alkanes) is 4. The summed E-state index contributed by atoms with van der Waals surface area (Å²) in [7, 11) is -1.57. The SMILES string of the molecule is CCCCP(CCCC)(CCCC)(CCCC)OS(=O)(=O)c1ccc(Oc2cc(C(=O)OC)cc(C(=O)OC)c2)cc1. The van der Waals surface area contributed by atoms with Gasteiger partial charge in [0.25, 0.3) is 0 Å². The maximum atomic E-state index is 13.9. The van der Waals surface area contributed by atoms with Crippen LogP contribution in [0.2, 0.25) is 0 Å². The summed E-state index contributed by atoms with van der Waals surface area (Å²) in [5.74, 6) is -0.739. The van der Waals surface area contributed by atoms with Gasteiger partial charge in [0.1, 0.15) is 0 Å². The average Bonchev–Trinajstić information content (AvgIpc) is 3.00. The third-order valence-electron chi connectivity index (χ3n) is 7.71. The minimum atomic E-state index is -4.05. The third-order valence-corrected chi connectivity index (χ3v) is 16.8. The Morgan fingerprint density at radius 3 is 1.40 bits per heavy atom. The molecule has 42 heavy (non-hydrogen) atoms. The standard InChI is InChI=1S/C32H49O8PS/c1-7-11-19-41(20-12-8-2,21-13-9-3,22-14-10-4)40-42(35,36)30-17-15-28(16-18-30)39-29-24-26(31(33)37-5)23-27(25-29)32(34)38-6/h15-18,23-25H,7-14,19-22H2,1-6H3. The Morgan fingerprint density at radius 2 is 1.05 bits per heavy atom. The molecule has 2 rings (SSSR count). The van der Waals surface area contributed by atoms with Gasteiger partial charge in [-0.25, -0.2) is 0 Å². The second-order valence-corrected chi connectivity index (χ2v) is 18.5. The average molecular weight is 625 g/mol. The Morgan fingerprint density at radius 1 is 0.643 bits per heavy atom. The number of carbonyl (C=O) groups excluding carboxylic acids is 2. The van der Waals surface area contributed by atoms with E-state index in [1.54, 1.807) is 12.1 Å². The molecule has 0 spiro atoms. The van der Waals surface area contributed by atoms with Crippen LogP contribution in [0.4, 0.5) is 0 Å². The van der Waals surface area contributed by atoms with Crippen molar-refractivity contribution in [2.24, 2.45) is 0 Å². The van der Waals surface area contributed by atoms with E-state index in [-0.39, 0.29) is 21.8 Å². The summed E-state index contributed by atoms with van der Waals surface area (Å²) in [5.41, 5.74) is 0.236. The van der Waals surface area contributed by atoms with Crippen molar-refractivity contribution in [1.82, 2.24) is 0 Å². The number of hydrogen-bond donors (Lipinski definition) is 0. The second-order valence-electron chi connectivity index (χ2n) is 11.0. The van der Waals surface area contributed by atoms with Crippen molar-refractivity contribution in [2.75, 3.05) is 38.9 Å². The number of methoxy groups -OCH3 is 2. The van der Waals surface area contributed by atoms with Gasteiger partial charge in [-0.15, -0.1) is 0 Å². The summed E-state index contributed by atoms with van der Waals surface area (Å²) in [6.07, 6.45) is 11.1. The molecular weight excluding hydrogens is 575 g/mol. The molecule has 0 amide bonds. The fraction of sp³-hybridized carbons (Fsp3) is 0.562. The van der Waals surface area contributed by atoms with E-state index in [2.05, 4.69) is 27.7 Å². The Labute approximate surface area is 252 Å². The molecule has 0 aliphatic carbocycles. The van der Waals surface area contributed by atoms with Gasteiger partial charge in [-0.3, -0.25) is 0 Å². The molecule has 236 valence electrons. The zero-order valence-electron chi connectivity index (χ0n) is 26.1. The first-order valence-electron chi connectivity index (χ1n) is 15.1. The predicted octanol–water partition coefficient (Wildman–Crippen LogP) is 8.43. The van der Waals surface area contributed by atoms with E-state index in [0.29, 0.717) is 5.75 Å². The first-order valence-corrected chi connectivity index (χ1v) is 19.4. The molecule has 0 bridgehead atoms.